The van der Waals surface area contributed by atoms with Crippen molar-refractivity contribution in [3.05, 3.63) is 109 Å². The number of para-hydroxylation sites is 4. The average molecular weight is 420 g/mol. The van der Waals surface area contributed by atoms with Crippen LogP contribution in [0.3, 0.4) is 0 Å². The zero-order valence-electron chi connectivity index (χ0n) is 18.2. The van der Waals surface area contributed by atoms with Crippen LogP contribution in [0.2, 0.25) is 0 Å². The standard InChI is InChI=1S/C28H19N3O.Li/c32-26-15-7-8-19-16-17-23(29-27(19)26)20-9-6-10-21(18-20)28-30-24-13-4-5-14-25(24)31(28)22-11-2-1-3-12-22;/h1-18,32H;/q;+1. The second kappa shape index (κ2) is 8.59. The van der Waals surface area contributed by atoms with Crippen molar-refractivity contribution in [2.45, 2.75) is 0 Å². The van der Waals surface area contributed by atoms with Crippen molar-refractivity contribution in [1.82, 2.24) is 9.55 Å². The molecule has 152 valence electrons. The third-order valence-corrected chi connectivity index (χ3v) is 5.75. The van der Waals surface area contributed by atoms with Gasteiger partial charge < -0.3 is 5.11 Å². The van der Waals surface area contributed by atoms with Crippen LogP contribution in [-0.4, -0.2) is 9.55 Å². The molecule has 5 heteroatoms. The number of nitrogens with zero attached hydrogens (tertiary/aromatic N) is 2. The largest absolute Gasteiger partial charge is 1.00 e. The van der Waals surface area contributed by atoms with E-state index in [9.17, 15) is 5.11 Å². The smallest absolute Gasteiger partial charge is 0.868 e. The molecule has 0 bridgehead atoms. The van der Waals surface area contributed by atoms with Gasteiger partial charge in [0.15, 0.2) is 0 Å². The van der Waals surface area contributed by atoms with Crippen LogP contribution in [0.15, 0.2) is 109 Å². The van der Waals surface area contributed by atoms with E-state index in [1.165, 1.54) is 0 Å². The molecule has 0 saturated carbocycles. The van der Waals surface area contributed by atoms with Gasteiger partial charge in [-0.25, -0.2) is 9.97 Å². The Morgan fingerprint density at radius 1 is 0.697 bits per heavy atom. The van der Waals surface area contributed by atoms with Gasteiger partial charge in [0.2, 0.25) is 11.2 Å². The number of hydrogen-bond donors (Lipinski definition) is 0. The van der Waals surface area contributed by atoms with Crippen molar-refractivity contribution in [3.8, 4) is 34.1 Å². The maximum atomic E-state index is 12.3. The maximum Gasteiger partial charge on any atom is 1.00 e. The fourth-order valence-electron chi connectivity index (χ4n) is 4.22. The van der Waals surface area contributed by atoms with Gasteiger partial charge in [0.05, 0.1) is 11.0 Å². The SMILES string of the molecule is [Li+].[O-]c1cccc2ccc(-c3cccc(-c4nc5ccccc5n4-c4ccccc4)c3)[nH+]c12. The fourth-order valence-corrected chi connectivity index (χ4v) is 4.22. The molecule has 2 heterocycles. The zero-order chi connectivity index (χ0) is 21.5. The minimum atomic E-state index is -0.00799. The Kier molecular flexibility index (Phi) is 5.48. The summed E-state index contributed by atoms with van der Waals surface area (Å²) in [6.07, 6.45) is 0. The molecule has 0 aliphatic rings. The topological polar surface area (TPSA) is 55.0 Å². The number of hydrogen-bond acceptors (Lipinski definition) is 2. The number of benzene rings is 4. The van der Waals surface area contributed by atoms with Crippen molar-refractivity contribution in [2.24, 2.45) is 0 Å². The molecule has 0 radical (unpaired) electrons. The van der Waals surface area contributed by atoms with Gasteiger partial charge >= 0.3 is 18.9 Å². The molecule has 1 N–H and O–H groups in total. The molecular formula is C28H19LiN3O+. The molecule has 0 atom stereocenters. The number of nitrogens with one attached hydrogen (secondary N) is 1. The number of pyridine rings is 1. The molecule has 0 aliphatic carbocycles. The minimum absolute atomic E-state index is 0. The van der Waals surface area contributed by atoms with Gasteiger partial charge in [0, 0.05) is 28.3 Å². The molecule has 0 unspecified atom stereocenters. The van der Waals surface area contributed by atoms with Gasteiger partial charge in [-0.3, -0.25) is 4.57 Å². The van der Waals surface area contributed by atoms with Crippen LogP contribution in [0.1, 0.15) is 0 Å². The van der Waals surface area contributed by atoms with E-state index in [0.717, 1.165) is 44.8 Å². The first-order chi connectivity index (χ1) is 15.8. The Bertz CT molecular complexity index is 1590. The summed E-state index contributed by atoms with van der Waals surface area (Å²) in [5.41, 5.74) is 6.59. The summed E-state index contributed by atoms with van der Waals surface area (Å²) in [4.78, 5) is 8.28. The molecule has 2 aromatic heterocycles. The molecule has 0 spiro atoms. The van der Waals surface area contributed by atoms with Crippen LogP contribution in [0.5, 0.6) is 5.75 Å². The van der Waals surface area contributed by atoms with E-state index in [0.29, 0.717) is 5.52 Å². The summed E-state index contributed by atoms with van der Waals surface area (Å²) in [5, 5.41) is 13.2. The molecule has 4 nitrogen and oxygen atoms in total. The normalized spacial score (nSPS) is 10.9. The first-order valence-corrected chi connectivity index (χ1v) is 10.5. The molecule has 0 saturated heterocycles. The van der Waals surface area contributed by atoms with E-state index in [4.69, 9.17) is 4.98 Å². The Labute approximate surface area is 203 Å². The number of aromatic amines is 1. The van der Waals surface area contributed by atoms with Crippen LogP contribution < -0.4 is 29.0 Å². The van der Waals surface area contributed by atoms with Crippen LogP contribution in [-0.2, 0) is 0 Å². The van der Waals surface area contributed by atoms with Crippen molar-refractivity contribution in [1.29, 1.82) is 0 Å². The van der Waals surface area contributed by atoms with Gasteiger partial charge in [-0.15, -0.1) is 0 Å². The molecule has 0 amide bonds. The Balaban J connectivity index is 0.00000228. The van der Waals surface area contributed by atoms with Gasteiger partial charge in [0.25, 0.3) is 0 Å². The summed E-state index contributed by atoms with van der Waals surface area (Å²) in [6, 6.07) is 36.0. The van der Waals surface area contributed by atoms with Crippen molar-refractivity contribution < 1.29 is 29.0 Å². The van der Waals surface area contributed by atoms with Crippen LogP contribution in [0, 0.1) is 0 Å². The third kappa shape index (κ3) is 3.70. The van der Waals surface area contributed by atoms with E-state index in [2.05, 4.69) is 39.9 Å². The third-order valence-electron chi connectivity index (χ3n) is 5.75. The number of imidazole rings is 1. The first kappa shape index (κ1) is 21.0. The van der Waals surface area contributed by atoms with E-state index in [1.54, 1.807) is 12.1 Å². The summed E-state index contributed by atoms with van der Waals surface area (Å²) < 4.78 is 2.19. The molecule has 6 aromatic rings. The number of H-pyrrole nitrogens is 1. The van der Waals surface area contributed by atoms with Gasteiger partial charge in [0.1, 0.15) is 5.82 Å². The summed E-state index contributed by atoms with van der Waals surface area (Å²) in [6.45, 7) is 0. The fraction of sp³-hybridized carbons (Fsp3) is 0. The van der Waals surface area contributed by atoms with Gasteiger partial charge in [-0.2, -0.15) is 0 Å². The number of aromatic nitrogens is 3. The molecule has 0 aliphatic heterocycles. The number of rotatable bonds is 3. The zero-order valence-corrected chi connectivity index (χ0v) is 18.2. The van der Waals surface area contributed by atoms with Gasteiger partial charge in [-0.05, 0) is 54.3 Å². The van der Waals surface area contributed by atoms with Crippen LogP contribution in [0.4, 0.5) is 0 Å². The molecule has 0 fully saturated rings. The molecule has 4 aromatic carbocycles. The number of fused-ring (bicyclic) bond motifs is 2. The van der Waals surface area contributed by atoms with Crippen molar-refractivity contribution in [3.63, 3.8) is 0 Å². The van der Waals surface area contributed by atoms with Crippen LogP contribution in [0.25, 0.3) is 50.3 Å². The Morgan fingerprint density at radius 3 is 2.33 bits per heavy atom. The maximum absolute atomic E-state index is 12.3. The van der Waals surface area contributed by atoms with Crippen molar-refractivity contribution in [2.75, 3.05) is 0 Å². The molecular weight excluding hydrogens is 401 g/mol. The Morgan fingerprint density at radius 2 is 1.45 bits per heavy atom. The second-order valence-electron chi connectivity index (χ2n) is 7.77. The second-order valence-corrected chi connectivity index (χ2v) is 7.77. The van der Waals surface area contributed by atoms with E-state index >= 15 is 0 Å². The molecule has 33 heavy (non-hydrogen) atoms. The van der Waals surface area contributed by atoms with E-state index in [-0.39, 0.29) is 24.6 Å². The van der Waals surface area contributed by atoms with Crippen LogP contribution >= 0.6 is 0 Å². The molecule has 6 rings (SSSR count). The summed E-state index contributed by atoms with van der Waals surface area (Å²) in [7, 11) is 0. The quantitative estimate of drug-likeness (QED) is 0.413. The predicted molar refractivity (Wildman–Crippen MR) is 125 cm³/mol. The summed E-state index contributed by atoms with van der Waals surface area (Å²) >= 11 is 0. The monoisotopic (exact) mass is 420 g/mol. The Hall–Kier alpha value is -3.84. The average Bonchev–Trinajstić information content (AvgIpc) is 3.24. The minimum Gasteiger partial charge on any atom is -0.868 e. The van der Waals surface area contributed by atoms with Gasteiger partial charge in [-0.1, -0.05) is 54.6 Å². The van der Waals surface area contributed by atoms with Crippen molar-refractivity contribution >= 4 is 21.9 Å². The summed E-state index contributed by atoms with van der Waals surface area (Å²) in [5.74, 6) is 0.871. The first-order valence-electron chi connectivity index (χ1n) is 10.5. The van der Waals surface area contributed by atoms with E-state index < -0.39 is 0 Å². The predicted octanol–water partition coefficient (Wildman–Crippen LogP) is 2.40. The van der Waals surface area contributed by atoms with E-state index in [1.807, 2.05) is 66.7 Å².